The van der Waals surface area contributed by atoms with E-state index in [0.29, 0.717) is 0 Å². The molecule has 0 N–H and O–H groups in total. The van der Waals surface area contributed by atoms with Gasteiger partial charge in [-0.15, -0.1) is 0 Å². The molecule has 0 unspecified atom stereocenters. The lowest BCUT2D eigenvalue weighted by molar-refractivity contribution is 0.469. The molecule has 0 spiro atoms. The Morgan fingerprint density at radius 1 is 0.688 bits per heavy atom. The molecule has 168 valence electrons. The molecule has 1 heterocycles. The molecule has 0 radical (unpaired) electrons. The number of aryl methyl sites for hydroxylation is 1. The smallest absolute Gasteiger partial charge is 0.151 e. The van der Waals surface area contributed by atoms with Gasteiger partial charge in [-0.05, 0) is 76.8 Å². The fourth-order valence-corrected chi connectivity index (χ4v) is 4.21. The van der Waals surface area contributed by atoms with E-state index >= 15 is 0 Å². The van der Waals surface area contributed by atoms with Gasteiger partial charge in [0, 0.05) is 5.69 Å². The largest absolute Gasteiger partial charge is 0.453 e. The van der Waals surface area contributed by atoms with Crippen LogP contribution in [0.3, 0.4) is 0 Å². The van der Waals surface area contributed by atoms with Crippen LogP contribution in [-0.2, 0) is 17.3 Å². The van der Waals surface area contributed by atoms with Crippen LogP contribution >= 0.6 is 0 Å². The Kier molecular flexibility index (Phi) is 5.83. The van der Waals surface area contributed by atoms with Crippen molar-refractivity contribution in [3.8, 4) is 11.5 Å². The maximum Gasteiger partial charge on any atom is 0.151 e. The molecule has 0 saturated carbocycles. The third-order valence-electron chi connectivity index (χ3n) is 6.37. The van der Waals surface area contributed by atoms with Gasteiger partial charge >= 0.3 is 0 Å². The van der Waals surface area contributed by atoms with Crippen molar-refractivity contribution in [2.75, 3.05) is 4.90 Å². The molecule has 1 aliphatic heterocycles. The van der Waals surface area contributed by atoms with E-state index in [1.165, 1.54) is 35.2 Å². The summed E-state index contributed by atoms with van der Waals surface area (Å²) in [6.07, 6.45) is 3.59. The third kappa shape index (κ3) is 4.41. The van der Waals surface area contributed by atoms with Crippen LogP contribution in [0.5, 0.6) is 11.5 Å². The second-order valence-electron chi connectivity index (χ2n) is 11.1. The van der Waals surface area contributed by atoms with Crippen LogP contribution in [0.15, 0.2) is 60.7 Å². The van der Waals surface area contributed by atoms with Crippen LogP contribution in [-0.4, -0.2) is 0 Å². The molecule has 0 saturated heterocycles. The minimum Gasteiger partial charge on any atom is -0.453 e. The predicted molar refractivity (Wildman–Crippen MR) is 137 cm³/mol. The summed E-state index contributed by atoms with van der Waals surface area (Å²) in [6, 6.07) is 22.4. The van der Waals surface area contributed by atoms with Crippen LogP contribution in [0, 0.1) is 0 Å². The zero-order chi connectivity index (χ0) is 23.1. The van der Waals surface area contributed by atoms with Crippen LogP contribution in [0.4, 0.5) is 17.1 Å². The molecule has 2 nitrogen and oxygen atoms in total. The lowest BCUT2D eigenvalue weighted by Crippen LogP contribution is -2.19. The van der Waals surface area contributed by atoms with Crippen LogP contribution in [0.1, 0.15) is 78.0 Å². The summed E-state index contributed by atoms with van der Waals surface area (Å²) in [5, 5.41) is 0. The Labute approximate surface area is 194 Å². The molecule has 3 aromatic rings. The number of fused-ring (bicyclic) bond motifs is 2. The monoisotopic (exact) mass is 427 g/mol. The van der Waals surface area contributed by atoms with E-state index in [2.05, 4.69) is 114 Å². The number of hydrogen-bond donors (Lipinski definition) is 0. The maximum atomic E-state index is 6.54. The van der Waals surface area contributed by atoms with Gasteiger partial charge < -0.3 is 9.64 Å². The molecule has 0 amide bonds. The van der Waals surface area contributed by atoms with Gasteiger partial charge in [0.15, 0.2) is 11.5 Å². The highest BCUT2D eigenvalue weighted by atomic mass is 16.5. The van der Waals surface area contributed by atoms with E-state index in [4.69, 9.17) is 4.74 Å². The summed E-state index contributed by atoms with van der Waals surface area (Å²) in [7, 11) is 0. The van der Waals surface area contributed by atoms with Crippen molar-refractivity contribution in [3.05, 3.63) is 77.4 Å². The van der Waals surface area contributed by atoms with E-state index in [-0.39, 0.29) is 10.8 Å². The average molecular weight is 428 g/mol. The van der Waals surface area contributed by atoms with Gasteiger partial charge in [0.1, 0.15) is 0 Å². The highest BCUT2D eigenvalue weighted by Gasteiger charge is 2.29. The highest BCUT2D eigenvalue weighted by Crippen LogP contribution is 2.52. The van der Waals surface area contributed by atoms with Gasteiger partial charge in [-0.1, -0.05) is 79.2 Å². The van der Waals surface area contributed by atoms with Crippen molar-refractivity contribution in [3.63, 3.8) is 0 Å². The Bertz CT molecular complexity index is 1030. The predicted octanol–water partition coefficient (Wildman–Crippen LogP) is 9.20. The Morgan fingerprint density at radius 3 is 1.62 bits per heavy atom. The van der Waals surface area contributed by atoms with Gasteiger partial charge in [-0.2, -0.15) is 0 Å². The van der Waals surface area contributed by atoms with Crippen molar-refractivity contribution >= 4 is 17.1 Å². The standard InChI is InChI=1S/C30H37NO/c1-8-9-10-21-11-15-24(16-12-21)31-25-17-13-22(29(2,3)4)19-27(25)32-28-20-23(30(5,6)7)14-18-26(28)31/h11-20H,8-10H2,1-7H3. The number of ether oxygens (including phenoxy) is 1. The van der Waals surface area contributed by atoms with Crippen molar-refractivity contribution in [2.24, 2.45) is 0 Å². The van der Waals surface area contributed by atoms with Gasteiger partial charge in [-0.3, -0.25) is 0 Å². The molecular weight excluding hydrogens is 390 g/mol. The fourth-order valence-electron chi connectivity index (χ4n) is 4.21. The molecule has 0 atom stereocenters. The van der Waals surface area contributed by atoms with Gasteiger partial charge in [0.2, 0.25) is 0 Å². The van der Waals surface area contributed by atoms with E-state index in [9.17, 15) is 0 Å². The third-order valence-corrected chi connectivity index (χ3v) is 6.37. The molecule has 1 aliphatic rings. The number of anilines is 3. The Morgan fingerprint density at radius 2 is 1.19 bits per heavy atom. The summed E-state index contributed by atoms with van der Waals surface area (Å²) in [5.41, 5.74) is 7.45. The Hall–Kier alpha value is -2.74. The van der Waals surface area contributed by atoms with Gasteiger partial charge in [-0.25, -0.2) is 0 Å². The first-order valence-corrected chi connectivity index (χ1v) is 11.9. The van der Waals surface area contributed by atoms with Crippen molar-refractivity contribution < 1.29 is 4.74 Å². The second kappa shape index (κ2) is 8.31. The summed E-state index contributed by atoms with van der Waals surface area (Å²) >= 11 is 0. The molecule has 32 heavy (non-hydrogen) atoms. The first-order chi connectivity index (χ1) is 15.1. The van der Waals surface area contributed by atoms with Crippen molar-refractivity contribution in [2.45, 2.75) is 78.6 Å². The molecule has 0 aromatic heterocycles. The summed E-state index contributed by atoms with van der Waals surface area (Å²) in [4.78, 5) is 2.34. The molecule has 0 bridgehead atoms. The van der Waals surface area contributed by atoms with Crippen molar-refractivity contribution in [1.29, 1.82) is 0 Å². The van der Waals surface area contributed by atoms with Crippen LogP contribution in [0.2, 0.25) is 0 Å². The van der Waals surface area contributed by atoms with Crippen LogP contribution in [0.25, 0.3) is 0 Å². The SMILES string of the molecule is CCCCc1ccc(N2c3ccc(C(C)(C)C)cc3Oc3cc(C(C)(C)C)ccc32)cc1. The molecule has 3 aromatic carbocycles. The molecule has 4 rings (SSSR count). The van der Waals surface area contributed by atoms with E-state index in [1.807, 2.05) is 0 Å². The summed E-state index contributed by atoms with van der Waals surface area (Å²) < 4.78 is 6.54. The first-order valence-electron chi connectivity index (χ1n) is 11.9. The zero-order valence-electron chi connectivity index (χ0n) is 20.8. The minimum atomic E-state index is 0.0671. The number of nitrogens with zero attached hydrogens (tertiary/aromatic N) is 1. The highest BCUT2D eigenvalue weighted by molar-refractivity contribution is 5.86. The molecular formula is C30H37NO. The normalized spacial score (nSPS) is 13.4. The zero-order valence-corrected chi connectivity index (χ0v) is 20.8. The van der Waals surface area contributed by atoms with E-state index in [1.54, 1.807) is 0 Å². The number of benzene rings is 3. The first kappa shape index (κ1) is 22.5. The Balaban J connectivity index is 1.83. The van der Waals surface area contributed by atoms with Gasteiger partial charge in [0.05, 0.1) is 11.4 Å². The number of hydrogen-bond acceptors (Lipinski definition) is 2. The van der Waals surface area contributed by atoms with Gasteiger partial charge in [0.25, 0.3) is 0 Å². The molecule has 2 heteroatoms. The molecule has 0 aliphatic carbocycles. The lowest BCUT2D eigenvalue weighted by atomic mass is 9.86. The van der Waals surface area contributed by atoms with Crippen molar-refractivity contribution in [1.82, 2.24) is 0 Å². The fraction of sp³-hybridized carbons (Fsp3) is 0.400. The van der Waals surface area contributed by atoms with Crippen LogP contribution < -0.4 is 9.64 Å². The number of unbranched alkanes of at least 4 members (excludes halogenated alkanes) is 1. The topological polar surface area (TPSA) is 12.5 Å². The summed E-state index contributed by atoms with van der Waals surface area (Å²) in [6.45, 7) is 15.7. The quantitative estimate of drug-likeness (QED) is 0.322. The van der Waals surface area contributed by atoms with E-state index in [0.717, 1.165) is 29.3 Å². The lowest BCUT2D eigenvalue weighted by Gasteiger charge is -2.35. The molecule has 0 fully saturated rings. The maximum absolute atomic E-state index is 6.54. The summed E-state index contributed by atoms with van der Waals surface area (Å²) in [5.74, 6) is 1.84. The minimum absolute atomic E-state index is 0.0671. The van der Waals surface area contributed by atoms with E-state index < -0.39 is 0 Å². The average Bonchev–Trinajstić information content (AvgIpc) is 2.74. The number of rotatable bonds is 4. The second-order valence-corrected chi connectivity index (χ2v) is 11.1.